The number of piperidine rings is 1. The molecule has 164 valence electrons. The molecule has 0 spiro atoms. The van der Waals surface area contributed by atoms with E-state index in [-0.39, 0.29) is 6.09 Å². The lowest BCUT2D eigenvalue weighted by Gasteiger charge is -2.36. The minimum atomic E-state index is -0.455. The van der Waals surface area contributed by atoms with Crippen molar-refractivity contribution >= 4 is 23.4 Å². The predicted octanol–water partition coefficient (Wildman–Crippen LogP) is 3.54. The number of amides is 1. The van der Waals surface area contributed by atoms with Gasteiger partial charge in [-0.2, -0.15) is 0 Å². The van der Waals surface area contributed by atoms with Gasteiger partial charge >= 0.3 is 6.09 Å². The van der Waals surface area contributed by atoms with Crippen LogP contribution >= 0.6 is 11.3 Å². The van der Waals surface area contributed by atoms with Crippen molar-refractivity contribution in [2.24, 2.45) is 10.9 Å². The number of nitrogens with one attached hydrogen (secondary N) is 1. The second-order valence-corrected chi connectivity index (χ2v) is 9.59. The number of hydrogen-bond donors (Lipinski definition) is 1. The van der Waals surface area contributed by atoms with Crippen LogP contribution in [0, 0.1) is 12.8 Å². The summed E-state index contributed by atoms with van der Waals surface area (Å²) in [6.07, 6.45) is 2.79. The predicted molar refractivity (Wildman–Crippen MR) is 120 cm³/mol. The number of hydrogen-bond acceptors (Lipinski definition) is 5. The molecule has 2 heterocycles. The second-order valence-electron chi connectivity index (χ2n) is 8.53. The molecule has 0 aliphatic carbocycles. The van der Waals surface area contributed by atoms with E-state index in [1.165, 1.54) is 0 Å². The van der Waals surface area contributed by atoms with Gasteiger partial charge in [0.05, 0.1) is 10.7 Å². The summed E-state index contributed by atoms with van der Waals surface area (Å²) in [5, 5.41) is 6.69. The van der Waals surface area contributed by atoms with E-state index in [2.05, 4.69) is 25.6 Å². The van der Waals surface area contributed by atoms with Crippen molar-refractivity contribution in [2.75, 3.05) is 39.8 Å². The molecule has 0 unspecified atom stereocenters. The molecule has 0 atom stereocenters. The van der Waals surface area contributed by atoms with Crippen LogP contribution < -0.4 is 5.32 Å². The molecule has 8 heteroatoms. The van der Waals surface area contributed by atoms with Crippen molar-refractivity contribution in [3.8, 4) is 0 Å². The Bertz CT molecular complexity index is 675. The number of guanidine groups is 1. The average molecular weight is 424 g/mol. The highest BCUT2D eigenvalue weighted by Gasteiger charge is 2.27. The van der Waals surface area contributed by atoms with E-state index in [4.69, 9.17) is 4.74 Å². The zero-order valence-corrected chi connectivity index (χ0v) is 19.6. The van der Waals surface area contributed by atoms with Gasteiger partial charge in [0.1, 0.15) is 5.60 Å². The SMILES string of the molecule is CCN(CC1CCN(C(=NC)NCCc2csc(C)n2)CC1)C(=O)OC(C)(C)C. The zero-order chi connectivity index (χ0) is 21.4. The lowest BCUT2D eigenvalue weighted by Crippen LogP contribution is -2.48. The number of aromatic nitrogens is 1. The maximum absolute atomic E-state index is 12.4. The summed E-state index contributed by atoms with van der Waals surface area (Å²) in [5.41, 5.74) is 0.680. The van der Waals surface area contributed by atoms with Crippen LogP contribution in [0.2, 0.25) is 0 Å². The molecule has 1 aromatic rings. The summed E-state index contributed by atoms with van der Waals surface area (Å²) in [5.74, 6) is 1.45. The molecule has 29 heavy (non-hydrogen) atoms. The van der Waals surface area contributed by atoms with Crippen LogP contribution in [0.5, 0.6) is 0 Å². The van der Waals surface area contributed by atoms with Crippen molar-refractivity contribution < 1.29 is 9.53 Å². The number of nitrogens with zero attached hydrogens (tertiary/aromatic N) is 4. The van der Waals surface area contributed by atoms with E-state index in [9.17, 15) is 4.79 Å². The first-order valence-corrected chi connectivity index (χ1v) is 11.4. The minimum absolute atomic E-state index is 0.211. The summed E-state index contributed by atoms with van der Waals surface area (Å²) in [6, 6.07) is 0. The third-order valence-corrected chi connectivity index (χ3v) is 5.79. The number of likely N-dealkylation sites (tertiary alicyclic amines) is 1. The van der Waals surface area contributed by atoms with Crippen molar-refractivity contribution in [2.45, 2.75) is 59.5 Å². The van der Waals surface area contributed by atoms with Gasteiger partial charge in [-0.3, -0.25) is 4.99 Å². The Balaban J connectivity index is 1.76. The molecule has 1 N–H and O–H groups in total. The van der Waals surface area contributed by atoms with Crippen LogP contribution in [-0.2, 0) is 11.2 Å². The maximum Gasteiger partial charge on any atom is 0.410 e. The number of carbonyl (C=O) groups is 1. The van der Waals surface area contributed by atoms with Crippen LogP contribution in [0.25, 0.3) is 0 Å². The van der Waals surface area contributed by atoms with Gasteiger partial charge < -0.3 is 19.9 Å². The lowest BCUT2D eigenvalue weighted by atomic mass is 9.96. The quantitative estimate of drug-likeness (QED) is 0.560. The van der Waals surface area contributed by atoms with Gasteiger partial charge in [-0.25, -0.2) is 9.78 Å². The van der Waals surface area contributed by atoms with Gasteiger partial charge in [0.25, 0.3) is 0 Å². The number of rotatable bonds is 6. The third-order valence-electron chi connectivity index (χ3n) is 4.97. The smallest absolute Gasteiger partial charge is 0.410 e. The summed E-state index contributed by atoms with van der Waals surface area (Å²) >= 11 is 1.69. The normalized spacial score (nSPS) is 16.1. The van der Waals surface area contributed by atoms with E-state index in [1.54, 1.807) is 11.3 Å². The zero-order valence-electron chi connectivity index (χ0n) is 18.8. The summed E-state index contributed by atoms with van der Waals surface area (Å²) in [7, 11) is 1.84. The molecule has 0 radical (unpaired) electrons. The topological polar surface area (TPSA) is 70.1 Å². The van der Waals surface area contributed by atoms with E-state index in [0.717, 1.165) is 62.1 Å². The largest absolute Gasteiger partial charge is 0.444 e. The molecule has 0 saturated carbocycles. The van der Waals surface area contributed by atoms with Crippen molar-refractivity contribution in [1.82, 2.24) is 20.1 Å². The van der Waals surface area contributed by atoms with Gasteiger partial charge in [-0.15, -0.1) is 11.3 Å². The van der Waals surface area contributed by atoms with Gasteiger partial charge in [0.2, 0.25) is 0 Å². The standard InChI is InChI=1S/C21H37N5O2S/c1-7-25(20(27)28-21(3,4)5)14-17-9-12-26(13-10-17)19(22-6)23-11-8-18-15-29-16(2)24-18/h15,17H,7-14H2,1-6H3,(H,22,23). The number of thiazole rings is 1. The molecule has 1 aliphatic heterocycles. The number of ether oxygens (including phenoxy) is 1. The van der Waals surface area contributed by atoms with Gasteiger partial charge in [-0.1, -0.05) is 0 Å². The summed E-state index contributed by atoms with van der Waals surface area (Å²) in [6.45, 7) is 13.9. The summed E-state index contributed by atoms with van der Waals surface area (Å²) in [4.78, 5) is 25.5. The molecule has 1 aromatic heterocycles. The first kappa shape index (κ1) is 23.4. The highest BCUT2D eigenvalue weighted by atomic mass is 32.1. The highest BCUT2D eigenvalue weighted by Crippen LogP contribution is 2.20. The van der Waals surface area contributed by atoms with Crippen LogP contribution in [0.1, 0.15) is 51.2 Å². The minimum Gasteiger partial charge on any atom is -0.444 e. The maximum atomic E-state index is 12.4. The van der Waals surface area contributed by atoms with Crippen molar-refractivity contribution in [3.63, 3.8) is 0 Å². The van der Waals surface area contributed by atoms with Crippen LogP contribution in [0.4, 0.5) is 4.79 Å². The number of aryl methyl sites for hydroxylation is 1. The third kappa shape index (κ3) is 7.84. The van der Waals surface area contributed by atoms with Crippen molar-refractivity contribution in [1.29, 1.82) is 0 Å². The van der Waals surface area contributed by atoms with Crippen molar-refractivity contribution in [3.05, 3.63) is 16.1 Å². The van der Waals surface area contributed by atoms with Gasteiger partial charge in [0.15, 0.2) is 5.96 Å². The van der Waals surface area contributed by atoms with Gasteiger partial charge in [0, 0.05) is 51.6 Å². The van der Waals surface area contributed by atoms with Crippen LogP contribution in [0.15, 0.2) is 10.4 Å². The second kappa shape index (κ2) is 10.8. The fourth-order valence-electron chi connectivity index (χ4n) is 3.46. The Morgan fingerprint density at radius 2 is 2.10 bits per heavy atom. The Kier molecular flexibility index (Phi) is 8.74. The fraction of sp³-hybridized carbons (Fsp3) is 0.762. The first-order chi connectivity index (χ1) is 13.7. The Morgan fingerprint density at radius 3 is 2.62 bits per heavy atom. The Labute approximate surface area is 179 Å². The Hall–Kier alpha value is -1.83. The molecular weight excluding hydrogens is 386 g/mol. The molecular formula is C21H37N5O2S. The molecule has 1 saturated heterocycles. The molecule has 1 aliphatic rings. The summed E-state index contributed by atoms with van der Waals surface area (Å²) < 4.78 is 5.53. The van der Waals surface area contributed by atoms with E-state index < -0.39 is 5.60 Å². The van der Waals surface area contributed by atoms with Crippen LogP contribution in [0.3, 0.4) is 0 Å². The number of carbonyl (C=O) groups excluding carboxylic acids is 1. The van der Waals surface area contributed by atoms with E-state index >= 15 is 0 Å². The van der Waals surface area contributed by atoms with E-state index in [0.29, 0.717) is 12.5 Å². The Morgan fingerprint density at radius 1 is 1.41 bits per heavy atom. The number of aliphatic imine (C=N–C) groups is 1. The van der Waals surface area contributed by atoms with Crippen LogP contribution in [-0.4, -0.2) is 72.2 Å². The molecule has 1 fully saturated rings. The van der Waals surface area contributed by atoms with Gasteiger partial charge in [-0.05, 0) is 53.4 Å². The molecule has 2 rings (SSSR count). The molecule has 7 nitrogen and oxygen atoms in total. The lowest BCUT2D eigenvalue weighted by molar-refractivity contribution is 0.0214. The molecule has 1 amide bonds. The molecule has 0 bridgehead atoms. The first-order valence-electron chi connectivity index (χ1n) is 10.6. The highest BCUT2D eigenvalue weighted by molar-refractivity contribution is 7.09. The van der Waals surface area contributed by atoms with E-state index in [1.807, 2.05) is 46.6 Å². The average Bonchev–Trinajstić information content (AvgIpc) is 3.07. The monoisotopic (exact) mass is 423 g/mol. The fourth-order valence-corrected chi connectivity index (χ4v) is 4.10. The molecule has 0 aromatic carbocycles.